The van der Waals surface area contributed by atoms with Crippen molar-refractivity contribution in [1.29, 1.82) is 5.26 Å². The van der Waals surface area contributed by atoms with E-state index in [1.165, 1.54) is 6.08 Å². The maximum absolute atomic E-state index is 12.2. The number of nitrogens with two attached hydrogens (primary N) is 1. The molecule has 0 unspecified atom stereocenters. The average Bonchev–Trinajstić information content (AvgIpc) is 2.58. The molecule has 0 spiro atoms. The van der Waals surface area contributed by atoms with Gasteiger partial charge in [-0.3, -0.25) is 9.59 Å². The zero-order valence-corrected chi connectivity index (χ0v) is 16.6. The molecule has 0 aliphatic heterocycles. The lowest BCUT2D eigenvalue weighted by Gasteiger charge is -2.14. The summed E-state index contributed by atoms with van der Waals surface area (Å²) in [4.78, 5) is 23.1. The van der Waals surface area contributed by atoms with Gasteiger partial charge in [0.05, 0.1) is 11.1 Å². The van der Waals surface area contributed by atoms with Gasteiger partial charge in [0.15, 0.2) is 18.1 Å². The van der Waals surface area contributed by atoms with Gasteiger partial charge in [-0.05, 0) is 60.0 Å². The molecule has 0 radical (unpaired) electrons. The Bertz CT molecular complexity index is 741. The van der Waals surface area contributed by atoms with Gasteiger partial charge in [-0.25, -0.2) is 0 Å². The van der Waals surface area contributed by atoms with Crippen molar-refractivity contribution >= 4 is 33.8 Å². The predicted octanol–water partition coefficient (Wildman–Crippen LogP) is 2.53. The summed E-state index contributed by atoms with van der Waals surface area (Å²) in [6.07, 6.45) is 2.22. The average molecular weight is 424 g/mol. The van der Waals surface area contributed by atoms with Crippen LogP contribution in [0, 0.1) is 11.3 Å². The Labute approximate surface area is 161 Å². The number of ether oxygens (including phenoxy) is 2. The maximum atomic E-state index is 12.2. The fourth-order valence-electron chi connectivity index (χ4n) is 1.94. The highest BCUT2D eigenvalue weighted by Gasteiger charge is 2.15. The van der Waals surface area contributed by atoms with Crippen LogP contribution in [-0.2, 0) is 9.59 Å². The number of rotatable bonds is 9. The summed E-state index contributed by atoms with van der Waals surface area (Å²) in [5.74, 6) is -0.360. The highest BCUT2D eigenvalue weighted by molar-refractivity contribution is 9.10. The van der Waals surface area contributed by atoms with Gasteiger partial charge in [0.25, 0.3) is 11.8 Å². The number of benzene rings is 1. The first-order valence-electron chi connectivity index (χ1n) is 8.12. The fraction of sp³-hybridized carbons (Fsp3) is 0.389. The summed E-state index contributed by atoms with van der Waals surface area (Å²) in [6.45, 7) is 5.67. The first-order chi connectivity index (χ1) is 12.3. The van der Waals surface area contributed by atoms with Crippen LogP contribution in [0.4, 0.5) is 0 Å². The molecule has 1 rings (SSSR count). The number of carbonyl (C=O) groups is 2. The first kappa shape index (κ1) is 21.5. The van der Waals surface area contributed by atoms with Crippen molar-refractivity contribution in [1.82, 2.24) is 5.32 Å². The van der Waals surface area contributed by atoms with E-state index in [1.54, 1.807) is 19.1 Å². The quantitative estimate of drug-likeness (QED) is 0.467. The molecular formula is C18H22BrN3O4. The van der Waals surface area contributed by atoms with E-state index in [4.69, 9.17) is 15.2 Å². The van der Waals surface area contributed by atoms with E-state index in [-0.39, 0.29) is 18.2 Å². The Balaban J connectivity index is 3.21. The molecule has 26 heavy (non-hydrogen) atoms. The van der Waals surface area contributed by atoms with E-state index >= 15 is 0 Å². The highest BCUT2D eigenvalue weighted by Crippen LogP contribution is 2.37. The third-order valence-corrected chi connectivity index (χ3v) is 3.95. The Kier molecular flexibility index (Phi) is 8.65. The van der Waals surface area contributed by atoms with Gasteiger partial charge < -0.3 is 20.5 Å². The van der Waals surface area contributed by atoms with Crippen molar-refractivity contribution in [2.75, 3.05) is 13.2 Å². The second-order valence-electron chi connectivity index (χ2n) is 5.47. The number of hydrogen-bond donors (Lipinski definition) is 2. The van der Waals surface area contributed by atoms with Gasteiger partial charge >= 0.3 is 0 Å². The van der Waals surface area contributed by atoms with Crippen LogP contribution in [0.2, 0.25) is 0 Å². The molecule has 1 aromatic rings. The largest absolute Gasteiger partial charge is 0.490 e. The van der Waals surface area contributed by atoms with E-state index in [0.29, 0.717) is 28.1 Å². The number of hydrogen-bond acceptors (Lipinski definition) is 5. The highest BCUT2D eigenvalue weighted by atomic mass is 79.9. The van der Waals surface area contributed by atoms with Crippen molar-refractivity contribution < 1.29 is 19.1 Å². The summed E-state index contributed by atoms with van der Waals surface area (Å²) in [5, 5.41) is 12.0. The molecule has 0 aliphatic carbocycles. The van der Waals surface area contributed by atoms with Gasteiger partial charge in [0.1, 0.15) is 11.6 Å². The fourth-order valence-corrected chi connectivity index (χ4v) is 2.51. The van der Waals surface area contributed by atoms with Crippen molar-refractivity contribution in [2.45, 2.75) is 33.2 Å². The van der Waals surface area contributed by atoms with Gasteiger partial charge in [-0.1, -0.05) is 6.92 Å². The third kappa shape index (κ3) is 6.41. The monoisotopic (exact) mass is 423 g/mol. The maximum Gasteiger partial charge on any atom is 0.262 e. The van der Waals surface area contributed by atoms with Crippen LogP contribution in [0.1, 0.15) is 32.8 Å². The van der Waals surface area contributed by atoms with Crippen molar-refractivity contribution in [3.05, 3.63) is 27.7 Å². The molecule has 0 saturated heterocycles. The van der Waals surface area contributed by atoms with Crippen LogP contribution < -0.4 is 20.5 Å². The normalized spacial score (nSPS) is 12.0. The van der Waals surface area contributed by atoms with E-state index in [2.05, 4.69) is 21.2 Å². The van der Waals surface area contributed by atoms with Crippen LogP contribution in [0.15, 0.2) is 22.2 Å². The topological polar surface area (TPSA) is 114 Å². The molecule has 0 heterocycles. The second-order valence-corrected chi connectivity index (χ2v) is 6.32. The number of amides is 2. The van der Waals surface area contributed by atoms with Crippen molar-refractivity contribution in [3.63, 3.8) is 0 Å². The van der Waals surface area contributed by atoms with Crippen molar-refractivity contribution in [3.8, 4) is 17.6 Å². The summed E-state index contributed by atoms with van der Waals surface area (Å²) in [6, 6.07) is 5.16. The lowest BCUT2D eigenvalue weighted by Crippen LogP contribution is -2.32. The molecular weight excluding hydrogens is 402 g/mol. The molecule has 8 heteroatoms. The predicted molar refractivity (Wildman–Crippen MR) is 101 cm³/mol. The summed E-state index contributed by atoms with van der Waals surface area (Å²) >= 11 is 3.35. The Morgan fingerprint density at radius 3 is 2.62 bits per heavy atom. The number of halogens is 1. The van der Waals surface area contributed by atoms with Gasteiger partial charge in [0, 0.05) is 6.04 Å². The number of primary amides is 1. The number of carbonyl (C=O) groups excluding carboxylic acids is 2. The van der Waals surface area contributed by atoms with Crippen LogP contribution in [0.25, 0.3) is 6.08 Å². The molecule has 0 fully saturated rings. The van der Waals surface area contributed by atoms with Crippen LogP contribution in [0.3, 0.4) is 0 Å². The smallest absolute Gasteiger partial charge is 0.262 e. The van der Waals surface area contributed by atoms with Crippen LogP contribution >= 0.6 is 15.9 Å². The summed E-state index contributed by atoms with van der Waals surface area (Å²) in [7, 11) is 0. The second kappa shape index (κ2) is 10.5. The van der Waals surface area contributed by atoms with E-state index < -0.39 is 11.8 Å². The zero-order valence-electron chi connectivity index (χ0n) is 15.0. The molecule has 0 aromatic heterocycles. The molecule has 1 aromatic carbocycles. The van der Waals surface area contributed by atoms with Crippen molar-refractivity contribution in [2.24, 2.45) is 5.73 Å². The van der Waals surface area contributed by atoms with Crippen LogP contribution in [0.5, 0.6) is 11.5 Å². The minimum absolute atomic E-state index is 0.0227. The summed E-state index contributed by atoms with van der Waals surface area (Å²) in [5.41, 5.74) is 5.65. The lowest BCUT2D eigenvalue weighted by atomic mass is 10.1. The third-order valence-electron chi connectivity index (χ3n) is 3.36. The van der Waals surface area contributed by atoms with Crippen LogP contribution in [-0.4, -0.2) is 31.1 Å². The molecule has 0 aliphatic rings. The minimum atomic E-state index is -0.614. The summed E-state index contributed by atoms with van der Waals surface area (Å²) < 4.78 is 11.4. The standard InChI is InChI=1S/C18H22BrN3O4/c1-4-11(3)22-18(24)13(9-20)6-12-7-14(19)17(26-10-16(21)23)15(8-12)25-5-2/h6-8,11H,4-5,10H2,1-3H3,(H2,21,23)(H,22,24)/b13-6+/t11-/m1/s1. The molecule has 1 atom stereocenters. The van der Waals surface area contributed by atoms with Gasteiger partial charge in [-0.15, -0.1) is 0 Å². The molecule has 3 N–H and O–H groups in total. The molecule has 2 amide bonds. The Hall–Kier alpha value is -2.53. The molecule has 0 saturated carbocycles. The van der Waals surface area contributed by atoms with Gasteiger partial charge in [0.2, 0.25) is 0 Å². The van der Waals surface area contributed by atoms with E-state index in [1.807, 2.05) is 19.9 Å². The number of nitrogens with zero attached hydrogens (tertiary/aromatic N) is 1. The number of nitrogens with one attached hydrogen (secondary N) is 1. The molecule has 7 nitrogen and oxygen atoms in total. The minimum Gasteiger partial charge on any atom is -0.490 e. The van der Waals surface area contributed by atoms with E-state index in [9.17, 15) is 14.9 Å². The van der Waals surface area contributed by atoms with E-state index in [0.717, 1.165) is 6.42 Å². The Morgan fingerprint density at radius 2 is 2.08 bits per heavy atom. The first-order valence-corrected chi connectivity index (χ1v) is 8.91. The molecule has 140 valence electrons. The lowest BCUT2D eigenvalue weighted by molar-refractivity contribution is -0.120. The van der Waals surface area contributed by atoms with Gasteiger partial charge in [-0.2, -0.15) is 5.26 Å². The Morgan fingerprint density at radius 1 is 1.38 bits per heavy atom. The zero-order chi connectivity index (χ0) is 19.7. The molecule has 0 bridgehead atoms. The number of nitriles is 1. The SMILES string of the molecule is CCOc1cc(/C=C(\C#N)C(=O)N[C@H](C)CC)cc(Br)c1OCC(N)=O.